The van der Waals surface area contributed by atoms with Crippen LogP contribution in [0.4, 0.5) is 10.5 Å². The number of hydrogen-bond acceptors (Lipinski definition) is 7. The summed E-state index contributed by atoms with van der Waals surface area (Å²) in [5.74, 6) is -1.06. The first-order valence-electron chi connectivity index (χ1n) is 9.55. The molecule has 0 atom stereocenters. The van der Waals surface area contributed by atoms with E-state index in [4.69, 9.17) is 21.1 Å². The van der Waals surface area contributed by atoms with Crippen LogP contribution >= 0.6 is 23.4 Å². The lowest BCUT2D eigenvalue weighted by Gasteiger charge is -2.12. The summed E-state index contributed by atoms with van der Waals surface area (Å²) in [6, 6.07) is 13.1. The van der Waals surface area contributed by atoms with Gasteiger partial charge in [0.05, 0.1) is 11.5 Å². The predicted molar refractivity (Wildman–Crippen MR) is 121 cm³/mol. The summed E-state index contributed by atoms with van der Waals surface area (Å²) in [6.07, 6.45) is 1.55. The minimum Gasteiger partial charge on any atom is -0.482 e. The number of imide groups is 1. The summed E-state index contributed by atoms with van der Waals surface area (Å²) >= 11 is 6.57. The van der Waals surface area contributed by atoms with Crippen molar-refractivity contribution in [3.63, 3.8) is 0 Å². The molecular weight excluding hydrogens is 456 g/mol. The Morgan fingerprint density at radius 2 is 1.78 bits per heavy atom. The van der Waals surface area contributed by atoms with E-state index in [1.807, 2.05) is 0 Å². The van der Waals surface area contributed by atoms with Gasteiger partial charge >= 0.3 is 5.97 Å². The molecule has 1 N–H and O–H groups in total. The van der Waals surface area contributed by atoms with Crippen molar-refractivity contribution in [2.24, 2.45) is 0 Å². The highest BCUT2D eigenvalue weighted by Gasteiger charge is 2.36. The molecule has 1 aliphatic rings. The summed E-state index contributed by atoms with van der Waals surface area (Å²) in [5, 5.41) is 2.62. The maximum absolute atomic E-state index is 12.6. The molecule has 0 saturated carbocycles. The monoisotopic (exact) mass is 474 g/mol. The third-order valence-electron chi connectivity index (χ3n) is 4.14. The molecule has 32 heavy (non-hydrogen) atoms. The van der Waals surface area contributed by atoms with Crippen LogP contribution in [0, 0.1) is 0 Å². The molecule has 166 valence electrons. The lowest BCUT2D eigenvalue weighted by Crippen LogP contribution is -2.36. The van der Waals surface area contributed by atoms with Crippen LogP contribution in [-0.4, -0.2) is 47.7 Å². The maximum atomic E-state index is 12.6. The molecule has 1 saturated heterocycles. The van der Waals surface area contributed by atoms with Gasteiger partial charge in [-0.3, -0.25) is 19.3 Å². The van der Waals surface area contributed by atoms with Crippen LogP contribution in [-0.2, 0) is 19.1 Å². The molecule has 2 aromatic rings. The fourth-order valence-corrected chi connectivity index (χ4v) is 3.63. The van der Waals surface area contributed by atoms with E-state index in [1.165, 1.54) is 0 Å². The van der Waals surface area contributed by atoms with Gasteiger partial charge in [-0.2, -0.15) is 0 Å². The lowest BCUT2D eigenvalue weighted by molar-refractivity contribution is -0.145. The highest BCUT2D eigenvalue weighted by Crippen LogP contribution is 2.32. The zero-order valence-corrected chi connectivity index (χ0v) is 18.6. The van der Waals surface area contributed by atoms with E-state index in [-0.39, 0.29) is 18.1 Å². The number of nitrogens with one attached hydrogen (secondary N) is 1. The number of carbonyl (C=O) groups is 4. The second-order valence-electron chi connectivity index (χ2n) is 6.49. The van der Waals surface area contributed by atoms with Gasteiger partial charge in [0, 0.05) is 10.7 Å². The van der Waals surface area contributed by atoms with E-state index in [9.17, 15) is 19.2 Å². The molecule has 10 heteroatoms. The molecule has 3 amide bonds. The van der Waals surface area contributed by atoms with Gasteiger partial charge in [0.1, 0.15) is 12.3 Å². The lowest BCUT2D eigenvalue weighted by atomic mass is 10.2. The topological polar surface area (TPSA) is 102 Å². The smallest absolute Gasteiger partial charge is 0.344 e. The van der Waals surface area contributed by atoms with Crippen LogP contribution in [0.15, 0.2) is 53.4 Å². The Morgan fingerprint density at radius 1 is 1.09 bits per heavy atom. The third-order valence-corrected chi connectivity index (χ3v) is 5.30. The zero-order valence-electron chi connectivity index (χ0n) is 17.0. The number of halogens is 1. The average Bonchev–Trinajstić information content (AvgIpc) is 3.02. The Kier molecular flexibility index (Phi) is 7.91. The quantitative estimate of drug-likeness (QED) is 0.456. The fraction of sp³-hybridized carbons (Fsp3) is 0.182. The van der Waals surface area contributed by atoms with Crippen molar-refractivity contribution in [2.75, 3.05) is 25.1 Å². The summed E-state index contributed by atoms with van der Waals surface area (Å²) in [5.41, 5.74) is 1.16. The third kappa shape index (κ3) is 6.35. The standard InChI is InChI=1S/C22H19ClN2O6S/c1-2-30-20(27)13-31-17-9-3-14(4-10-17)11-18-21(28)25(22(29)32-18)12-19(26)24-16-7-5-15(23)6-8-16/h3-11H,2,12-13H2,1H3,(H,24,26)/b18-11-. The molecule has 2 aromatic carbocycles. The first-order valence-corrected chi connectivity index (χ1v) is 10.7. The second kappa shape index (κ2) is 10.8. The summed E-state index contributed by atoms with van der Waals surface area (Å²) in [7, 11) is 0. The zero-order chi connectivity index (χ0) is 23.1. The van der Waals surface area contributed by atoms with Crippen molar-refractivity contribution in [3.05, 3.63) is 64.0 Å². The summed E-state index contributed by atoms with van der Waals surface area (Å²) in [4.78, 5) is 49.5. The average molecular weight is 475 g/mol. The Bertz CT molecular complexity index is 1050. The molecule has 0 aliphatic carbocycles. The van der Waals surface area contributed by atoms with Gasteiger partial charge in [-0.15, -0.1) is 0 Å². The minimum absolute atomic E-state index is 0.203. The molecule has 0 radical (unpaired) electrons. The first-order chi connectivity index (χ1) is 15.4. The largest absolute Gasteiger partial charge is 0.482 e. The van der Waals surface area contributed by atoms with Crippen LogP contribution in [0.2, 0.25) is 5.02 Å². The fourth-order valence-electron chi connectivity index (χ4n) is 2.67. The molecule has 0 bridgehead atoms. The van der Waals surface area contributed by atoms with Gasteiger partial charge in [-0.1, -0.05) is 23.7 Å². The van der Waals surface area contributed by atoms with E-state index in [1.54, 1.807) is 61.5 Å². The van der Waals surface area contributed by atoms with Crippen molar-refractivity contribution < 1.29 is 28.7 Å². The van der Waals surface area contributed by atoms with Crippen LogP contribution in [0.1, 0.15) is 12.5 Å². The van der Waals surface area contributed by atoms with Crippen LogP contribution in [0.3, 0.4) is 0 Å². The molecule has 0 aromatic heterocycles. The van der Waals surface area contributed by atoms with Crippen LogP contribution in [0.25, 0.3) is 6.08 Å². The predicted octanol–water partition coefficient (Wildman–Crippen LogP) is 3.96. The molecule has 0 unspecified atom stereocenters. The summed E-state index contributed by atoms with van der Waals surface area (Å²) in [6.45, 7) is 1.38. The second-order valence-corrected chi connectivity index (χ2v) is 7.92. The number of rotatable bonds is 8. The maximum Gasteiger partial charge on any atom is 0.344 e. The number of esters is 1. The van der Waals surface area contributed by atoms with E-state index < -0.39 is 29.6 Å². The van der Waals surface area contributed by atoms with Gasteiger partial charge in [-0.05, 0) is 66.7 Å². The van der Waals surface area contributed by atoms with Crippen LogP contribution < -0.4 is 10.1 Å². The van der Waals surface area contributed by atoms with Crippen molar-refractivity contribution in [1.82, 2.24) is 4.90 Å². The van der Waals surface area contributed by atoms with Gasteiger partial charge in [0.15, 0.2) is 6.61 Å². The minimum atomic E-state index is -0.547. The van der Waals surface area contributed by atoms with Crippen molar-refractivity contribution in [2.45, 2.75) is 6.92 Å². The van der Waals surface area contributed by atoms with Crippen molar-refractivity contribution in [1.29, 1.82) is 0 Å². The highest BCUT2D eigenvalue weighted by atomic mass is 35.5. The molecule has 1 heterocycles. The molecule has 1 fully saturated rings. The molecular formula is C22H19ClN2O6S. The summed E-state index contributed by atoms with van der Waals surface area (Å²) < 4.78 is 10.1. The Balaban J connectivity index is 1.59. The SMILES string of the molecule is CCOC(=O)COc1ccc(/C=C2\SC(=O)N(CC(=O)Nc3ccc(Cl)cc3)C2=O)cc1. The Morgan fingerprint density at radius 3 is 2.44 bits per heavy atom. The number of benzene rings is 2. The highest BCUT2D eigenvalue weighted by molar-refractivity contribution is 8.18. The van der Waals surface area contributed by atoms with Crippen LogP contribution in [0.5, 0.6) is 5.75 Å². The van der Waals surface area contributed by atoms with Crippen molar-refractivity contribution in [3.8, 4) is 5.75 Å². The van der Waals surface area contributed by atoms with Gasteiger partial charge < -0.3 is 14.8 Å². The number of carbonyl (C=O) groups excluding carboxylic acids is 4. The van der Waals surface area contributed by atoms with Gasteiger partial charge in [-0.25, -0.2) is 4.79 Å². The van der Waals surface area contributed by atoms with E-state index >= 15 is 0 Å². The first kappa shape index (κ1) is 23.4. The van der Waals surface area contributed by atoms with Gasteiger partial charge in [0.2, 0.25) is 5.91 Å². The van der Waals surface area contributed by atoms with Gasteiger partial charge in [0.25, 0.3) is 11.1 Å². The number of nitrogens with zero attached hydrogens (tertiary/aromatic N) is 1. The Hall–Kier alpha value is -3.30. The number of thioether (sulfide) groups is 1. The number of anilines is 1. The van der Waals surface area contributed by atoms with E-state index in [0.29, 0.717) is 22.0 Å². The molecule has 8 nitrogen and oxygen atoms in total. The number of amides is 3. The number of hydrogen-bond donors (Lipinski definition) is 1. The van der Waals surface area contributed by atoms with Crippen molar-refractivity contribution >= 4 is 58.1 Å². The number of ether oxygens (including phenoxy) is 2. The van der Waals surface area contributed by atoms with E-state index in [2.05, 4.69) is 5.32 Å². The Labute approximate surface area is 193 Å². The molecule has 3 rings (SSSR count). The molecule has 1 aliphatic heterocycles. The normalized spacial score (nSPS) is 14.6. The van der Waals surface area contributed by atoms with E-state index in [0.717, 1.165) is 16.7 Å². The molecule has 0 spiro atoms.